The van der Waals surface area contributed by atoms with E-state index in [4.69, 9.17) is 16.3 Å². The Morgan fingerprint density at radius 1 is 1.50 bits per heavy atom. The Bertz CT molecular complexity index is 258. The molecule has 0 bridgehead atoms. The van der Waals surface area contributed by atoms with E-state index in [-0.39, 0.29) is 6.10 Å². The first-order chi connectivity index (χ1) is 5.58. The summed E-state index contributed by atoms with van der Waals surface area (Å²) < 4.78 is 6.41. The summed E-state index contributed by atoms with van der Waals surface area (Å²) in [5.41, 5.74) is 0. The third-order valence-electron chi connectivity index (χ3n) is 1.09. The summed E-state index contributed by atoms with van der Waals surface area (Å²) in [6.07, 6.45) is 0.131. The molecule has 0 spiro atoms. The second-order valence-electron chi connectivity index (χ2n) is 2.61. The second-order valence-corrected chi connectivity index (χ2v) is 4.25. The minimum absolute atomic E-state index is 0.131. The number of hydrogen-bond acceptors (Lipinski definition) is 2. The topological polar surface area (TPSA) is 22.1 Å². The molecule has 66 valence electrons. The van der Waals surface area contributed by atoms with Gasteiger partial charge in [-0.05, 0) is 42.5 Å². The maximum absolute atomic E-state index is 5.74. The van der Waals surface area contributed by atoms with E-state index in [1.54, 1.807) is 6.07 Å². The average Bonchev–Trinajstić information content (AvgIpc) is 1.81. The molecule has 0 unspecified atom stereocenters. The van der Waals surface area contributed by atoms with Gasteiger partial charge in [-0.3, -0.25) is 0 Å². The fraction of sp³-hybridized carbons (Fsp3) is 0.375. The minimum Gasteiger partial charge on any atom is -0.475 e. The van der Waals surface area contributed by atoms with Crippen LogP contribution in [0.2, 0.25) is 5.15 Å². The van der Waals surface area contributed by atoms with Crippen molar-refractivity contribution in [1.82, 2.24) is 4.98 Å². The van der Waals surface area contributed by atoms with Gasteiger partial charge in [-0.2, -0.15) is 0 Å². The number of nitrogens with zero attached hydrogens (tertiary/aromatic N) is 1. The highest BCUT2D eigenvalue weighted by atomic mass is 127. The Balaban J connectivity index is 2.85. The van der Waals surface area contributed by atoms with Crippen LogP contribution in [0.25, 0.3) is 0 Å². The number of rotatable bonds is 2. The van der Waals surface area contributed by atoms with Gasteiger partial charge in [0.05, 0.1) is 6.10 Å². The van der Waals surface area contributed by atoms with E-state index in [9.17, 15) is 0 Å². The number of pyridine rings is 1. The summed E-state index contributed by atoms with van der Waals surface area (Å²) >= 11 is 7.91. The minimum atomic E-state index is 0.131. The van der Waals surface area contributed by atoms with Gasteiger partial charge in [0.1, 0.15) is 5.15 Å². The van der Waals surface area contributed by atoms with Crippen LogP contribution in [0, 0.1) is 3.57 Å². The van der Waals surface area contributed by atoms with Gasteiger partial charge in [0.2, 0.25) is 5.88 Å². The maximum atomic E-state index is 5.74. The van der Waals surface area contributed by atoms with Gasteiger partial charge < -0.3 is 4.74 Å². The summed E-state index contributed by atoms with van der Waals surface area (Å²) in [7, 11) is 0. The predicted octanol–water partition coefficient (Wildman–Crippen LogP) is 3.13. The highest BCUT2D eigenvalue weighted by Gasteiger charge is 2.01. The zero-order valence-electron chi connectivity index (χ0n) is 6.84. The Labute approximate surface area is 90.4 Å². The van der Waals surface area contributed by atoms with Crippen molar-refractivity contribution >= 4 is 34.2 Å². The molecule has 1 rings (SSSR count). The average molecular weight is 298 g/mol. The molecule has 0 saturated heterocycles. The van der Waals surface area contributed by atoms with Gasteiger partial charge >= 0.3 is 0 Å². The summed E-state index contributed by atoms with van der Waals surface area (Å²) in [6.45, 7) is 3.91. The molecule has 1 aromatic rings. The summed E-state index contributed by atoms with van der Waals surface area (Å²) in [4.78, 5) is 4.01. The smallest absolute Gasteiger partial charge is 0.215 e. The van der Waals surface area contributed by atoms with Crippen LogP contribution in [-0.4, -0.2) is 11.1 Å². The molecular formula is C8H9ClINO. The highest BCUT2D eigenvalue weighted by molar-refractivity contribution is 14.1. The molecule has 1 aromatic heterocycles. The molecule has 0 aliphatic carbocycles. The van der Waals surface area contributed by atoms with Crippen LogP contribution in [0.15, 0.2) is 12.1 Å². The molecule has 0 fully saturated rings. The summed E-state index contributed by atoms with van der Waals surface area (Å²) in [5.74, 6) is 0.585. The van der Waals surface area contributed by atoms with Gasteiger partial charge in [0.25, 0.3) is 0 Å². The van der Waals surface area contributed by atoms with E-state index in [1.165, 1.54) is 0 Å². The van der Waals surface area contributed by atoms with Crippen LogP contribution in [0.1, 0.15) is 13.8 Å². The molecule has 0 N–H and O–H groups in total. The molecule has 0 saturated carbocycles. The van der Waals surface area contributed by atoms with E-state index in [0.717, 1.165) is 3.57 Å². The van der Waals surface area contributed by atoms with Crippen LogP contribution in [0.5, 0.6) is 5.88 Å². The molecule has 0 radical (unpaired) electrons. The van der Waals surface area contributed by atoms with Crippen molar-refractivity contribution in [2.75, 3.05) is 0 Å². The van der Waals surface area contributed by atoms with Gasteiger partial charge in [-0.15, -0.1) is 0 Å². The summed E-state index contributed by atoms with van der Waals surface area (Å²) in [5, 5.41) is 0.470. The van der Waals surface area contributed by atoms with Crippen molar-refractivity contribution < 1.29 is 4.74 Å². The molecule has 0 atom stereocenters. The van der Waals surface area contributed by atoms with E-state index < -0.39 is 0 Å². The van der Waals surface area contributed by atoms with E-state index in [0.29, 0.717) is 11.0 Å². The lowest BCUT2D eigenvalue weighted by atomic mass is 10.4. The number of hydrogen-bond donors (Lipinski definition) is 0. The number of halogens is 2. The maximum Gasteiger partial charge on any atom is 0.215 e. The molecule has 2 nitrogen and oxygen atoms in total. The number of aromatic nitrogens is 1. The highest BCUT2D eigenvalue weighted by Crippen LogP contribution is 2.18. The van der Waals surface area contributed by atoms with Crippen LogP contribution in [0.3, 0.4) is 0 Å². The third kappa shape index (κ3) is 3.15. The Kier molecular flexibility index (Phi) is 3.58. The van der Waals surface area contributed by atoms with Gasteiger partial charge in [-0.1, -0.05) is 11.6 Å². The van der Waals surface area contributed by atoms with Crippen molar-refractivity contribution in [2.24, 2.45) is 0 Å². The molecule has 4 heteroatoms. The normalized spacial score (nSPS) is 10.4. The van der Waals surface area contributed by atoms with Crippen molar-refractivity contribution in [3.05, 3.63) is 20.9 Å². The molecule has 0 aliphatic rings. The lowest BCUT2D eigenvalue weighted by molar-refractivity contribution is 0.232. The SMILES string of the molecule is CC(C)Oc1cc(I)cc(Cl)n1. The number of ether oxygens (including phenoxy) is 1. The van der Waals surface area contributed by atoms with Crippen LogP contribution in [0.4, 0.5) is 0 Å². The molecule has 0 aromatic carbocycles. The first-order valence-corrected chi connectivity index (χ1v) is 5.03. The lowest BCUT2D eigenvalue weighted by Crippen LogP contribution is -2.06. The van der Waals surface area contributed by atoms with Crippen LogP contribution in [-0.2, 0) is 0 Å². The zero-order valence-corrected chi connectivity index (χ0v) is 9.76. The van der Waals surface area contributed by atoms with Gasteiger partial charge in [0, 0.05) is 9.64 Å². The monoisotopic (exact) mass is 297 g/mol. The predicted molar refractivity (Wildman–Crippen MR) is 57.7 cm³/mol. The lowest BCUT2D eigenvalue weighted by Gasteiger charge is -2.08. The largest absolute Gasteiger partial charge is 0.475 e. The van der Waals surface area contributed by atoms with Crippen molar-refractivity contribution in [3.8, 4) is 5.88 Å². The molecule has 12 heavy (non-hydrogen) atoms. The van der Waals surface area contributed by atoms with Crippen molar-refractivity contribution in [2.45, 2.75) is 20.0 Å². The molecule has 0 aliphatic heterocycles. The third-order valence-corrected chi connectivity index (χ3v) is 1.91. The fourth-order valence-corrected chi connectivity index (χ4v) is 1.69. The quantitative estimate of drug-likeness (QED) is 0.618. The molecule has 1 heterocycles. The fourth-order valence-electron chi connectivity index (χ4n) is 0.745. The van der Waals surface area contributed by atoms with Crippen LogP contribution >= 0.6 is 34.2 Å². The van der Waals surface area contributed by atoms with E-state index in [2.05, 4.69) is 27.6 Å². The second kappa shape index (κ2) is 4.28. The molecule has 0 amide bonds. The Morgan fingerprint density at radius 2 is 2.17 bits per heavy atom. The van der Waals surface area contributed by atoms with Crippen LogP contribution < -0.4 is 4.74 Å². The van der Waals surface area contributed by atoms with Crippen molar-refractivity contribution in [1.29, 1.82) is 0 Å². The zero-order chi connectivity index (χ0) is 9.14. The van der Waals surface area contributed by atoms with E-state index >= 15 is 0 Å². The Hall–Kier alpha value is -0.0300. The standard InChI is InChI=1S/C8H9ClINO/c1-5(2)12-8-4-6(10)3-7(9)11-8/h3-5H,1-2H3. The molecular weight excluding hydrogens is 288 g/mol. The van der Waals surface area contributed by atoms with Crippen molar-refractivity contribution in [3.63, 3.8) is 0 Å². The summed E-state index contributed by atoms with van der Waals surface area (Å²) in [6, 6.07) is 3.64. The first kappa shape index (κ1) is 10.1. The Morgan fingerprint density at radius 3 is 2.67 bits per heavy atom. The van der Waals surface area contributed by atoms with Gasteiger partial charge in [0.15, 0.2) is 0 Å². The van der Waals surface area contributed by atoms with Gasteiger partial charge in [-0.25, -0.2) is 4.98 Å². The first-order valence-electron chi connectivity index (χ1n) is 3.57. The van der Waals surface area contributed by atoms with E-state index in [1.807, 2.05) is 19.9 Å².